The molecule has 0 fully saturated rings. The van der Waals surface area contributed by atoms with Gasteiger partial charge in [-0.2, -0.15) is 0 Å². The van der Waals surface area contributed by atoms with Gasteiger partial charge in [-0.05, 0) is 24.0 Å². The van der Waals surface area contributed by atoms with E-state index in [1.54, 1.807) is 12.2 Å². The van der Waals surface area contributed by atoms with E-state index in [0.717, 1.165) is 22.6 Å². The van der Waals surface area contributed by atoms with Crippen LogP contribution in [0.5, 0.6) is 0 Å². The van der Waals surface area contributed by atoms with Crippen LogP contribution >= 0.6 is 0 Å². The van der Waals surface area contributed by atoms with E-state index in [9.17, 15) is 0 Å². The average Bonchev–Trinajstić information content (AvgIpc) is 2.86. The lowest BCUT2D eigenvalue weighted by atomic mass is 10.1. The molecular weight excluding hydrogens is 256 g/mol. The van der Waals surface area contributed by atoms with Crippen molar-refractivity contribution in [1.82, 2.24) is 0 Å². The quantitative estimate of drug-likeness (QED) is 0.514. The van der Waals surface area contributed by atoms with E-state index in [0.29, 0.717) is 11.8 Å². The lowest BCUT2D eigenvalue weighted by Crippen LogP contribution is -1.81. The molecule has 110 valence electrons. The van der Waals surface area contributed by atoms with Crippen molar-refractivity contribution < 1.29 is 4.42 Å². The maximum Gasteiger partial charge on any atom is 0.135 e. The van der Waals surface area contributed by atoms with Gasteiger partial charge < -0.3 is 4.42 Å². The predicted molar refractivity (Wildman–Crippen MR) is 95.7 cm³/mol. The second kappa shape index (κ2) is 8.11. The van der Waals surface area contributed by atoms with Crippen molar-refractivity contribution in [1.29, 1.82) is 0 Å². The summed E-state index contributed by atoms with van der Waals surface area (Å²) in [4.78, 5) is 0. The number of allylic oxidation sites excluding steroid dienone is 4. The van der Waals surface area contributed by atoms with Crippen LogP contribution in [0.4, 0.5) is 0 Å². The van der Waals surface area contributed by atoms with Gasteiger partial charge in [-0.3, -0.25) is 0 Å². The highest BCUT2D eigenvalue weighted by Crippen LogP contribution is 2.28. The van der Waals surface area contributed by atoms with Gasteiger partial charge in [0, 0.05) is 11.1 Å². The monoisotopic (exact) mass is 280 g/mol. The van der Waals surface area contributed by atoms with E-state index in [4.69, 9.17) is 4.42 Å². The van der Waals surface area contributed by atoms with Crippen molar-refractivity contribution in [3.05, 3.63) is 73.3 Å². The molecule has 0 aliphatic rings. The minimum Gasteiger partial charge on any atom is -0.456 e. The zero-order chi connectivity index (χ0) is 15.8. The predicted octanol–water partition coefficient (Wildman–Crippen LogP) is 6.24. The number of furan rings is 1. The van der Waals surface area contributed by atoms with Crippen molar-refractivity contribution >= 4 is 24.3 Å². The molecule has 0 spiro atoms. The second-order valence-corrected chi connectivity index (χ2v) is 4.97. The van der Waals surface area contributed by atoms with Crippen LogP contribution in [0.1, 0.15) is 36.5 Å². The molecule has 0 saturated carbocycles. The Kier molecular flexibility index (Phi) is 6.48. The fourth-order valence-corrected chi connectivity index (χ4v) is 1.80. The Balaban J connectivity index is 3.24. The van der Waals surface area contributed by atoms with Crippen LogP contribution in [0.15, 0.2) is 55.0 Å². The van der Waals surface area contributed by atoms with Crippen LogP contribution in [0.2, 0.25) is 0 Å². The molecule has 1 aromatic heterocycles. The Morgan fingerprint density at radius 3 is 1.43 bits per heavy atom. The summed E-state index contributed by atoms with van der Waals surface area (Å²) in [5.41, 5.74) is 1.92. The Hall–Kier alpha value is -2.28. The van der Waals surface area contributed by atoms with Crippen LogP contribution in [0, 0.1) is 11.8 Å². The second-order valence-electron chi connectivity index (χ2n) is 4.97. The first-order valence-electron chi connectivity index (χ1n) is 7.10. The van der Waals surface area contributed by atoms with Crippen molar-refractivity contribution in [2.24, 2.45) is 11.8 Å². The third-order valence-corrected chi connectivity index (χ3v) is 3.30. The van der Waals surface area contributed by atoms with Crippen LogP contribution in [-0.4, -0.2) is 0 Å². The summed E-state index contributed by atoms with van der Waals surface area (Å²) >= 11 is 0. The smallest absolute Gasteiger partial charge is 0.135 e. The minimum atomic E-state index is 0.291. The van der Waals surface area contributed by atoms with E-state index < -0.39 is 0 Å². The van der Waals surface area contributed by atoms with Crippen LogP contribution in [0.3, 0.4) is 0 Å². The third kappa shape index (κ3) is 4.35. The molecule has 1 aromatic rings. The molecule has 0 aliphatic heterocycles. The summed E-state index contributed by atoms with van der Waals surface area (Å²) in [6.45, 7) is 19.4. The van der Waals surface area contributed by atoms with Gasteiger partial charge in [0.25, 0.3) is 0 Å². The summed E-state index contributed by atoms with van der Waals surface area (Å²) in [6, 6.07) is 0. The summed E-state index contributed by atoms with van der Waals surface area (Å²) in [5, 5.41) is 0. The molecule has 1 heteroatoms. The van der Waals surface area contributed by atoms with E-state index in [-0.39, 0.29) is 0 Å². The molecule has 21 heavy (non-hydrogen) atoms. The summed E-state index contributed by atoms with van der Waals surface area (Å²) in [7, 11) is 0. The molecule has 0 N–H and O–H groups in total. The molecule has 1 rings (SSSR count). The number of hydrogen-bond acceptors (Lipinski definition) is 1. The minimum absolute atomic E-state index is 0.291. The zero-order valence-corrected chi connectivity index (χ0v) is 13.0. The molecular formula is C20H24O. The molecule has 0 bridgehead atoms. The van der Waals surface area contributed by atoms with Gasteiger partial charge in [-0.25, -0.2) is 0 Å². The SMILES string of the molecule is C=Cc1c(/C=C\C(C)C=C)oc(/C=C\C(C)C=C)c1C=C. The van der Waals surface area contributed by atoms with Crippen LogP contribution < -0.4 is 0 Å². The standard InChI is InChI=1S/C20H24O/c1-7-15(5)11-13-19-17(9-3)18(10-4)20(21-19)14-12-16(6)8-2/h7-16H,1-4H2,5-6H3/b13-11-,14-12-. The van der Waals surface area contributed by atoms with E-state index in [1.807, 2.05) is 36.5 Å². The topological polar surface area (TPSA) is 13.1 Å². The summed E-state index contributed by atoms with van der Waals surface area (Å²) in [5.74, 6) is 2.17. The highest BCUT2D eigenvalue weighted by atomic mass is 16.3. The molecule has 2 atom stereocenters. The lowest BCUT2D eigenvalue weighted by molar-refractivity contribution is 0.545. The van der Waals surface area contributed by atoms with Gasteiger partial charge in [0.05, 0.1) is 0 Å². The van der Waals surface area contributed by atoms with Crippen LogP contribution in [0.25, 0.3) is 24.3 Å². The van der Waals surface area contributed by atoms with E-state index in [2.05, 4.69) is 40.2 Å². The van der Waals surface area contributed by atoms with Crippen molar-refractivity contribution in [3.8, 4) is 0 Å². The molecule has 2 unspecified atom stereocenters. The first kappa shape index (κ1) is 16.8. The zero-order valence-electron chi connectivity index (χ0n) is 13.0. The third-order valence-electron chi connectivity index (χ3n) is 3.30. The molecule has 0 amide bonds. The fraction of sp³-hybridized carbons (Fsp3) is 0.200. The van der Waals surface area contributed by atoms with E-state index >= 15 is 0 Å². The van der Waals surface area contributed by atoms with Crippen molar-refractivity contribution in [2.45, 2.75) is 13.8 Å². The van der Waals surface area contributed by atoms with Gasteiger partial charge in [-0.15, -0.1) is 13.2 Å². The molecule has 0 saturated heterocycles. The molecule has 0 radical (unpaired) electrons. The first-order chi connectivity index (χ1) is 10.1. The fourth-order valence-electron chi connectivity index (χ4n) is 1.80. The van der Waals surface area contributed by atoms with Gasteiger partial charge in [0.1, 0.15) is 11.5 Å². The molecule has 0 aromatic carbocycles. The Labute approximate surface area is 128 Å². The molecule has 1 nitrogen and oxygen atoms in total. The van der Waals surface area contributed by atoms with Gasteiger partial charge in [0.2, 0.25) is 0 Å². The molecule has 1 heterocycles. The largest absolute Gasteiger partial charge is 0.456 e. The number of rotatable bonds is 8. The average molecular weight is 280 g/mol. The van der Waals surface area contributed by atoms with Crippen molar-refractivity contribution in [3.63, 3.8) is 0 Å². The Morgan fingerprint density at radius 2 is 1.14 bits per heavy atom. The summed E-state index contributed by atoms with van der Waals surface area (Å²) < 4.78 is 5.93. The lowest BCUT2D eigenvalue weighted by Gasteiger charge is -1.95. The maximum atomic E-state index is 5.93. The highest BCUT2D eigenvalue weighted by molar-refractivity contribution is 5.76. The van der Waals surface area contributed by atoms with Gasteiger partial charge in [0.15, 0.2) is 0 Å². The summed E-state index contributed by atoms with van der Waals surface area (Å²) in [6.07, 6.45) is 15.4. The molecule has 0 aliphatic carbocycles. The van der Waals surface area contributed by atoms with Crippen molar-refractivity contribution in [2.75, 3.05) is 0 Å². The first-order valence-corrected chi connectivity index (χ1v) is 7.10. The van der Waals surface area contributed by atoms with Crippen LogP contribution in [-0.2, 0) is 0 Å². The van der Waals surface area contributed by atoms with Gasteiger partial charge >= 0.3 is 0 Å². The van der Waals surface area contributed by atoms with E-state index in [1.165, 1.54) is 0 Å². The number of hydrogen-bond donors (Lipinski definition) is 0. The maximum absolute atomic E-state index is 5.93. The normalized spacial score (nSPS) is 14.2. The Morgan fingerprint density at radius 1 is 0.762 bits per heavy atom. The Bertz CT molecular complexity index is 531. The van der Waals surface area contributed by atoms with Gasteiger partial charge in [-0.1, -0.05) is 63.5 Å². The highest BCUT2D eigenvalue weighted by Gasteiger charge is 2.12.